The molecule has 0 aliphatic heterocycles. The molecule has 5 nitrogen and oxygen atoms in total. The summed E-state index contributed by atoms with van der Waals surface area (Å²) in [5.74, 6) is -1.63. The minimum atomic E-state index is -1.08. The smallest absolute Gasteiger partial charge is 0.335 e. The molecule has 0 radical (unpaired) electrons. The summed E-state index contributed by atoms with van der Waals surface area (Å²) >= 11 is 5.96. The lowest BCUT2D eigenvalue weighted by molar-refractivity contribution is 0.0697. The van der Waals surface area contributed by atoms with Crippen molar-refractivity contribution < 1.29 is 14.3 Å². The van der Waals surface area contributed by atoms with E-state index in [-0.39, 0.29) is 16.4 Å². The molecule has 2 rings (SSSR count). The number of aryl methyl sites for hydroxylation is 1. The number of anilines is 2. The summed E-state index contributed by atoms with van der Waals surface area (Å²) in [5.41, 5.74) is 0.718. The summed E-state index contributed by atoms with van der Waals surface area (Å²) in [4.78, 5) is 18.4. The Labute approximate surface area is 119 Å². The largest absolute Gasteiger partial charge is 0.478 e. The van der Waals surface area contributed by atoms with Crippen LogP contribution in [0.25, 0.3) is 0 Å². The van der Waals surface area contributed by atoms with E-state index in [0.717, 1.165) is 0 Å². The first-order valence-electron chi connectivity index (χ1n) is 5.82. The molecule has 0 aliphatic carbocycles. The Bertz CT molecular complexity index is 664. The van der Waals surface area contributed by atoms with Crippen molar-refractivity contribution in [1.29, 1.82) is 0 Å². The van der Waals surface area contributed by atoms with Crippen LogP contribution in [0.1, 0.15) is 23.0 Å². The van der Waals surface area contributed by atoms with E-state index >= 15 is 0 Å². The minimum absolute atomic E-state index is 0.00169. The molecular weight excluding hydrogens is 285 g/mol. The average molecular weight is 296 g/mol. The van der Waals surface area contributed by atoms with E-state index in [1.165, 1.54) is 24.5 Å². The van der Waals surface area contributed by atoms with Crippen molar-refractivity contribution in [3.63, 3.8) is 0 Å². The summed E-state index contributed by atoms with van der Waals surface area (Å²) in [7, 11) is 0. The highest BCUT2D eigenvalue weighted by atomic mass is 35.5. The number of carboxylic acids is 1. The third kappa shape index (κ3) is 2.85. The fourth-order valence-corrected chi connectivity index (χ4v) is 1.84. The van der Waals surface area contributed by atoms with Crippen LogP contribution in [0.5, 0.6) is 0 Å². The molecular formula is C13H11ClFN3O2. The van der Waals surface area contributed by atoms with Crippen LogP contribution < -0.4 is 5.32 Å². The van der Waals surface area contributed by atoms with Crippen LogP contribution in [0, 0.1) is 5.82 Å². The van der Waals surface area contributed by atoms with Crippen molar-refractivity contribution in [2.24, 2.45) is 0 Å². The number of nitrogens with one attached hydrogen (secondary N) is 1. The zero-order valence-electron chi connectivity index (χ0n) is 10.5. The van der Waals surface area contributed by atoms with Crippen molar-refractivity contribution in [1.82, 2.24) is 9.97 Å². The SMILES string of the molecule is CCc1ncnc(Nc2ccc(C(=O)O)cc2Cl)c1F. The molecule has 0 aliphatic rings. The lowest BCUT2D eigenvalue weighted by atomic mass is 10.2. The molecule has 1 aromatic carbocycles. The Hall–Kier alpha value is -2.21. The topological polar surface area (TPSA) is 75.1 Å². The molecule has 2 N–H and O–H groups in total. The normalized spacial score (nSPS) is 10.3. The van der Waals surface area contributed by atoms with E-state index < -0.39 is 11.8 Å². The number of carbonyl (C=O) groups is 1. The molecule has 104 valence electrons. The average Bonchev–Trinajstić information content (AvgIpc) is 2.43. The first kappa shape index (κ1) is 14.2. The van der Waals surface area contributed by atoms with Gasteiger partial charge < -0.3 is 10.4 Å². The molecule has 0 saturated heterocycles. The van der Waals surface area contributed by atoms with Gasteiger partial charge in [-0.25, -0.2) is 19.2 Å². The van der Waals surface area contributed by atoms with Crippen LogP contribution in [0.4, 0.5) is 15.9 Å². The number of halogens is 2. The lowest BCUT2D eigenvalue weighted by Crippen LogP contribution is -2.03. The molecule has 20 heavy (non-hydrogen) atoms. The highest BCUT2D eigenvalue weighted by molar-refractivity contribution is 6.33. The Morgan fingerprint density at radius 1 is 1.45 bits per heavy atom. The van der Waals surface area contributed by atoms with Gasteiger partial charge in [0.2, 0.25) is 0 Å². The lowest BCUT2D eigenvalue weighted by Gasteiger charge is -2.10. The number of carboxylic acid groups (broad SMARTS) is 1. The van der Waals surface area contributed by atoms with Gasteiger partial charge in [0, 0.05) is 0 Å². The minimum Gasteiger partial charge on any atom is -0.478 e. The Morgan fingerprint density at radius 3 is 2.80 bits per heavy atom. The van der Waals surface area contributed by atoms with Crippen molar-refractivity contribution in [3.8, 4) is 0 Å². The van der Waals surface area contributed by atoms with Crippen molar-refractivity contribution in [2.45, 2.75) is 13.3 Å². The summed E-state index contributed by atoms with van der Waals surface area (Å²) < 4.78 is 14.0. The van der Waals surface area contributed by atoms with Gasteiger partial charge in [-0.1, -0.05) is 18.5 Å². The molecule has 0 fully saturated rings. The molecule has 0 saturated carbocycles. The Morgan fingerprint density at radius 2 is 2.20 bits per heavy atom. The molecule has 0 spiro atoms. The van der Waals surface area contributed by atoms with E-state index in [4.69, 9.17) is 16.7 Å². The quantitative estimate of drug-likeness (QED) is 0.905. The molecule has 0 unspecified atom stereocenters. The molecule has 7 heteroatoms. The molecule has 1 aromatic heterocycles. The van der Waals surface area contributed by atoms with Crippen LogP contribution >= 0.6 is 11.6 Å². The Balaban J connectivity index is 2.33. The maximum atomic E-state index is 14.0. The molecule has 0 amide bonds. The molecule has 1 heterocycles. The monoisotopic (exact) mass is 295 g/mol. The predicted molar refractivity (Wildman–Crippen MR) is 73.1 cm³/mol. The van der Waals surface area contributed by atoms with Gasteiger partial charge in [-0.05, 0) is 24.6 Å². The predicted octanol–water partition coefficient (Wildman–Crippen LogP) is 3.27. The number of rotatable bonds is 4. The zero-order chi connectivity index (χ0) is 14.7. The number of aromatic nitrogens is 2. The first-order chi connectivity index (χ1) is 9.52. The van der Waals surface area contributed by atoms with Gasteiger partial charge in [0.25, 0.3) is 0 Å². The van der Waals surface area contributed by atoms with E-state index in [1.54, 1.807) is 6.92 Å². The van der Waals surface area contributed by atoms with Crippen LogP contribution in [0.3, 0.4) is 0 Å². The zero-order valence-corrected chi connectivity index (χ0v) is 11.3. The van der Waals surface area contributed by atoms with E-state index in [1.807, 2.05) is 0 Å². The molecule has 2 aromatic rings. The second-order valence-electron chi connectivity index (χ2n) is 3.96. The number of benzene rings is 1. The van der Waals surface area contributed by atoms with E-state index in [0.29, 0.717) is 17.8 Å². The van der Waals surface area contributed by atoms with Gasteiger partial charge in [-0.3, -0.25) is 0 Å². The standard InChI is InChI=1S/C13H11ClFN3O2/c1-2-9-11(15)12(17-6-16-9)18-10-4-3-7(13(19)20)5-8(10)14/h3-6H,2H2,1H3,(H,19,20)(H,16,17,18). The second-order valence-corrected chi connectivity index (χ2v) is 4.37. The Kier molecular flexibility index (Phi) is 4.14. The van der Waals surface area contributed by atoms with Crippen LogP contribution in [-0.2, 0) is 6.42 Å². The summed E-state index contributed by atoms with van der Waals surface area (Å²) in [6, 6.07) is 4.11. The number of nitrogens with zero attached hydrogens (tertiary/aromatic N) is 2. The van der Waals surface area contributed by atoms with Gasteiger partial charge in [-0.2, -0.15) is 0 Å². The van der Waals surface area contributed by atoms with Crippen molar-refractivity contribution in [3.05, 3.63) is 46.6 Å². The fraction of sp³-hybridized carbons (Fsp3) is 0.154. The van der Waals surface area contributed by atoms with Gasteiger partial charge in [0.1, 0.15) is 6.33 Å². The van der Waals surface area contributed by atoms with Crippen molar-refractivity contribution >= 4 is 29.1 Å². The number of aromatic carboxylic acids is 1. The van der Waals surface area contributed by atoms with Gasteiger partial charge in [-0.15, -0.1) is 0 Å². The molecule has 0 atom stereocenters. The third-order valence-corrected chi connectivity index (χ3v) is 2.98. The maximum absolute atomic E-state index is 14.0. The third-order valence-electron chi connectivity index (χ3n) is 2.67. The summed E-state index contributed by atoms with van der Waals surface area (Å²) in [6.45, 7) is 1.78. The van der Waals surface area contributed by atoms with E-state index in [9.17, 15) is 9.18 Å². The highest BCUT2D eigenvalue weighted by Gasteiger charge is 2.12. The summed E-state index contributed by atoms with van der Waals surface area (Å²) in [5, 5.41) is 11.7. The molecule has 0 bridgehead atoms. The van der Waals surface area contributed by atoms with Gasteiger partial charge >= 0.3 is 5.97 Å². The van der Waals surface area contributed by atoms with Gasteiger partial charge in [0.15, 0.2) is 11.6 Å². The number of hydrogen-bond donors (Lipinski definition) is 2. The van der Waals surface area contributed by atoms with Gasteiger partial charge in [0.05, 0.1) is 22.0 Å². The fourth-order valence-electron chi connectivity index (χ4n) is 1.62. The maximum Gasteiger partial charge on any atom is 0.335 e. The van der Waals surface area contributed by atoms with E-state index in [2.05, 4.69) is 15.3 Å². The first-order valence-corrected chi connectivity index (χ1v) is 6.20. The van der Waals surface area contributed by atoms with Crippen LogP contribution in [0.15, 0.2) is 24.5 Å². The highest BCUT2D eigenvalue weighted by Crippen LogP contribution is 2.27. The van der Waals surface area contributed by atoms with Crippen LogP contribution in [0.2, 0.25) is 5.02 Å². The summed E-state index contributed by atoms with van der Waals surface area (Å²) in [6.07, 6.45) is 1.69. The second kappa shape index (κ2) is 5.83. The number of hydrogen-bond acceptors (Lipinski definition) is 4. The van der Waals surface area contributed by atoms with Crippen molar-refractivity contribution in [2.75, 3.05) is 5.32 Å². The van der Waals surface area contributed by atoms with Crippen LogP contribution in [-0.4, -0.2) is 21.0 Å².